The summed E-state index contributed by atoms with van der Waals surface area (Å²) in [5.41, 5.74) is -1.92. The van der Waals surface area contributed by atoms with Crippen molar-refractivity contribution in [2.75, 3.05) is 0 Å². The van der Waals surface area contributed by atoms with Crippen LogP contribution in [0, 0.1) is 40.9 Å². The second-order valence-electron chi connectivity index (χ2n) is 12.6. The van der Waals surface area contributed by atoms with E-state index in [0.29, 0.717) is 16.7 Å². The van der Waals surface area contributed by atoms with Gasteiger partial charge >= 0.3 is 11.9 Å². The SMILES string of the molecule is CC1=CC2C(C1=O)C(O)C(C)=CC1C3C(C)(C)C3(OC(=O)C(C)C)C(OC(=O)c3ccccc3)C(C)C21O. The summed E-state index contributed by atoms with van der Waals surface area (Å²) in [6.45, 7) is 12.7. The monoisotopic (exact) mass is 522 g/mol. The highest BCUT2D eigenvalue weighted by molar-refractivity contribution is 6.00. The Morgan fingerprint density at radius 3 is 2.26 bits per heavy atom. The summed E-state index contributed by atoms with van der Waals surface area (Å²) < 4.78 is 12.5. The van der Waals surface area contributed by atoms with Gasteiger partial charge < -0.3 is 19.7 Å². The maximum Gasteiger partial charge on any atom is 0.338 e. The number of carbonyl (C=O) groups is 3. The Labute approximate surface area is 223 Å². The van der Waals surface area contributed by atoms with Gasteiger partial charge in [0.15, 0.2) is 11.4 Å². The number of allylic oxidation sites excluding steroid dienone is 1. The van der Waals surface area contributed by atoms with E-state index < -0.39 is 76.3 Å². The first-order valence-corrected chi connectivity index (χ1v) is 13.5. The third-order valence-corrected chi connectivity index (χ3v) is 9.94. The lowest BCUT2D eigenvalue weighted by molar-refractivity contribution is -0.211. The van der Waals surface area contributed by atoms with E-state index in [9.17, 15) is 24.6 Å². The molecule has 9 unspecified atom stereocenters. The number of fused-ring (bicyclic) bond motifs is 5. The number of hydrogen-bond donors (Lipinski definition) is 2. The molecule has 0 spiro atoms. The first-order valence-electron chi connectivity index (χ1n) is 13.5. The third kappa shape index (κ3) is 3.37. The summed E-state index contributed by atoms with van der Waals surface area (Å²) in [4.78, 5) is 39.7. The van der Waals surface area contributed by atoms with Crippen molar-refractivity contribution in [2.45, 2.75) is 71.9 Å². The average Bonchev–Trinajstić information content (AvgIpc) is 3.22. The predicted molar refractivity (Wildman–Crippen MR) is 140 cm³/mol. The van der Waals surface area contributed by atoms with Crippen LogP contribution in [-0.2, 0) is 19.1 Å². The zero-order valence-corrected chi connectivity index (χ0v) is 23.1. The summed E-state index contributed by atoms with van der Waals surface area (Å²) in [6, 6.07) is 8.59. The van der Waals surface area contributed by atoms with Crippen molar-refractivity contribution < 1.29 is 34.1 Å². The van der Waals surface area contributed by atoms with E-state index >= 15 is 0 Å². The number of aliphatic hydroxyl groups excluding tert-OH is 1. The molecule has 0 amide bonds. The number of aliphatic hydroxyl groups is 2. The van der Waals surface area contributed by atoms with Gasteiger partial charge in [0.1, 0.15) is 6.10 Å². The minimum Gasteiger partial charge on any atom is -0.454 e. The standard InChI is InChI=1S/C31H38O7/c1-15(2)27(34)38-31-25(29(31,6)7)21-14-17(4)24(33)22-20(13-16(3)23(22)32)30(21,36)18(5)26(31)37-28(35)19-11-9-8-10-12-19/h8-15,18,20-22,24-26,33,36H,1-7H3. The Balaban J connectivity index is 1.69. The molecule has 5 rings (SSSR count). The number of Topliss-reactive ketones (excluding diaryl/α,β-unsaturated/α-hetero) is 1. The molecule has 0 saturated heterocycles. The quantitative estimate of drug-likeness (QED) is 0.456. The van der Waals surface area contributed by atoms with E-state index in [1.54, 1.807) is 71.0 Å². The molecule has 0 radical (unpaired) electrons. The number of ketones is 1. The molecule has 1 aromatic carbocycles. The Bertz CT molecular complexity index is 1240. The van der Waals surface area contributed by atoms with Crippen molar-refractivity contribution in [1.82, 2.24) is 0 Å². The van der Waals surface area contributed by atoms with Gasteiger partial charge in [-0.05, 0) is 37.1 Å². The Hall–Kier alpha value is -2.77. The normalized spacial score (nSPS) is 40.7. The second kappa shape index (κ2) is 8.62. The molecule has 0 aromatic heterocycles. The smallest absolute Gasteiger partial charge is 0.338 e. The molecule has 38 heavy (non-hydrogen) atoms. The highest BCUT2D eigenvalue weighted by atomic mass is 16.6. The number of rotatable bonds is 4. The maximum atomic E-state index is 13.4. The molecule has 0 aliphatic heterocycles. The van der Waals surface area contributed by atoms with Crippen LogP contribution in [-0.4, -0.2) is 51.3 Å². The summed E-state index contributed by atoms with van der Waals surface area (Å²) in [6.07, 6.45) is 1.60. The predicted octanol–water partition coefficient (Wildman–Crippen LogP) is 3.89. The van der Waals surface area contributed by atoms with Crippen molar-refractivity contribution >= 4 is 17.7 Å². The van der Waals surface area contributed by atoms with Crippen LogP contribution in [0.3, 0.4) is 0 Å². The van der Waals surface area contributed by atoms with Crippen LogP contribution < -0.4 is 0 Å². The Morgan fingerprint density at radius 1 is 1.03 bits per heavy atom. The molecule has 7 heteroatoms. The highest BCUT2D eigenvalue weighted by Gasteiger charge is 2.87. The highest BCUT2D eigenvalue weighted by Crippen LogP contribution is 2.77. The van der Waals surface area contributed by atoms with Crippen molar-refractivity contribution in [3.63, 3.8) is 0 Å². The molecule has 204 valence electrons. The molecule has 9 atom stereocenters. The van der Waals surface area contributed by atoms with Crippen LogP contribution in [0.5, 0.6) is 0 Å². The van der Waals surface area contributed by atoms with E-state index in [-0.39, 0.29) is 5.78 Å². The number of esters is 2. The molecule has 4 aliphatic rings. The fourth-order valence-corrected chi connectivity index (χ4v) is 7.79. The minimum atomic E-state index is -1.54. The van der Waals surface area contributed by atoms with Gasteiger partial charge in [0.25, 0.3) is 0 Å². The van der Waals surface area contributed by atoms with Crippen LogP contribution in [0.2, 0.25) is 0 Å². The lowest BCUT2D eigenvalue weighted by Crippen LogP contribution is -2.64. The van der Waals surface area contributed by atoms with Crippen LogP contribution in [0.4, 0.5) is 0 Å². The molecule has 0 heterocycles. The lowest BCUT2D eigenvalue weighted by atomic mass is 9.59. The molecule has 4 aliphatic carbocycles. The number of ether oxygens (including phenoxy) is 2. The molecule has 0 bridgehead atoms. The maximum absolute atomic E-state index is 13.4. The first-order chi connectivity index (χ1) is 17.7. The van der Waals surface area contributed by atoms with Gasteiger partial charge in [0, 0.05) is 29.1 Å². The molecule has 2 fully saturated rings. The van der Waals surface area contributed by atoms with Gasteiger partial charge in [-0.3, -0.25) is 9.59 Å². The number of hydrogen-bond acceptors (Lipinski definition) is 7. The Morgan fingerprint density at radius 2 is 1.66 bits per heavy atom. The van der Waals surface area contributed by atoms with Gasteiger partial charge in [0.05, 0.1) is 29.1 Å². The summed E-state index contributed by atoms with van der Waals surface area (Å²) in [7, 11) is 0. The zero-order valence-electron chi connectivity index (χ0n) is 23.1. The molecular weight excluding hydrogens is 484 g/mol. The minimum absolute atomic E-state index is 0.188. The summed E-state index contributed by atoms with van der Waals surface area (Å²) >= 11 is 0. The fraction of sp³-hybridized carbons (Fsp3) is 0.581. The van der Waals surface area contributed by atoms with E-state index in [0.717, 1.165) is 0 Å². The summed E-state index contributed by atoms with van der Waals surface area (Å²) in [5.74, 6) is -4.76. The molecule has 2 N–H and O–H groups in total. The summed E-state index contributed by atoms with van der Waals surface area (Å²) in [5, 5.41) is 24.0. The van der Waals surface area contributed by atoms with E-state index in [2.05, 4.69) is 0 Å². The third-order valence-electron chi connectivity index (χ3n) is 9.94. The van der Waals surface area contributed by atoms with Gasteiger partial charge in [-0.2, -0.15) is 0 Å². The molecular formula is C31H38O7. The largest absolute Gasteiger partial charge is 0.454 e. The lowest BCUT2D eigenvalue weighted by Gasteiger charge is -2.52. The van der Waals surface area contributed by atoms with Crippen molar-refractivity contribution in [1.29, 1.82) is 0 Å². The van der Waals surface area contributed by atoms with Gasteiger partial charge in [-0.1, -0.05) is 65.0 Å². The first kappa shape index (κ1) is 26.8. The van der Waals surface area contributed by atoms with Crippen molar-refractivity contribution in [2.24, 2.45) is 40.9 Å². The number of benzene rings is 1. The van der Waals surface area contributed by atoms with E-state index in [4.69, 9.17) is 9.47 Å². The molecule has 2 saturated carbocycles. The van der Waals surface area contributed by atoms with E-state index in [1.165, 1.54) is 0 Å². The van der Waals surface area contributed by atoms with Crippen LogP contribution >= 0.6 is 0 Å². The van der Waals surface area contributed by atoms with Gasteiger partial charge in [-0.25, -0.2) is 4.79 Å². The molecule has 1 aromatic rings. The van der Waals surface area contributed by atoms with Crippen LogP contribution in [0.15, 0.2) is 53.6 Å². The molecule has 7 nitrogen and oxygen atoms in total. The van der Waals surface area contributed by atoms with Gasteiger partial charge in [0.2, 0.25) is 0 Å². The second-order valence-corrected chi connectivity index (χ2v) is 12.6. The van der Waals surface area contributed by atoms with Crippen molar-refractivity contribution in [3.8, 4) is 0 Å². The number of carbonyl (C=O) groups excluding carboxylic acids is 3. The zero-order chi connectivity index (χ0) is 27.9. The van der Waals surface area contributed by atoms with Crippen LogP contribution in [0.25, 0.3) is 0 Å². The average molecular weight is 523 g/mol. The Kier molecular flexibility index (Phi) is 6.08. The van der Waals surface area contributed by atoms with E-state index in [1.807, 2.05) is 19.9 Å². The topological polar surface area (TPSA) is 110 Å². The fourth-order valence-electron chi connectivity index (χ4n) is 7.79. The van der Waals surface area contributed by atoms with Crippen molar-refractivity contribution in [3.05, 3.63) is 59.2 Å². The van der Waals surface area contributed by atoms with Gasteiger partial charge in [-0.15, -0.1) is 0 Å². The van der Waals surface area contributed by atoms with Crippen LogP contribution in [0.1, 0.15) is 58.8 Å².